The minimum Gasteiger partial charge on any atom is -0.493 e. The van der Waals surface area contributed by atoms with Crippen molar-refractivity contribution in [1.82, 2.24) is 4.90 Å². The number of aliphatic hydroxyl groups excluding tert-OH is 1. The van der Waals surface area contributed by atoms with E-state index in [2.05, 4.69) is 25.7 Å². The Morgan fingerprint density at radius 1 is 1.12 bits per heavy atom. The Bertz CT molecular complexity index is 842. The molecule has 7 heteroatoms. The average Bonchev–Trinajstić information content (AvgIpc) is 3.21. The molecule has 4 nitrogen and oxygen atoms in total. The number of nitrogens with zero attached hydrogens (tertiary/aromatic N) is 1. The molecule has 0 amide bonds. The van der Waals surface area contributed by atoms with Crippen LogP contribution in [0.1, 0.15) is 76.5 Å². The van der Waals surface area contributed by atoms with Crippen molar-refractivity contribution in [3.05, 3.63) is 23.3 Å². The molecule has 2 fully saturated rings. The monoisotopic (exact) mass is 469 g/mol. The first-order valence-corrected chi connectivity index (χ1v) is 12.2. The smallest absolute Gasteiger partial charge is 0.397 e. The Hall–Kier alpha value is -1.47. The summed E-state index contributed by atoms with van der Waals surface area (Å²) in [6, 6.07) is 3.89. The summed E-state index contributed by atoms with van der Waals surface area (Å²) < 4.78 is 52.8. The highest BCUT2D eigenvalue weighted by Crippen LogP contribution is 2.51. The van der Waals surface area contributed by atoms with Crippen molar-refractivity contribution >= 4 is 0 Å². The van der Waals surface area contributed by atoms with E-state index in [1.165, 1.54) is 7.11 Å². The quantitative estimate of drug-likeness (QED) is 0.582. The van der Waals surface area contributed by atoms with Crippen molar-refractivity contribution in [1.29, 1.82) is 0 Å². The van der Waals surface area contributed by atoms with Crippen LogP contribution in [0.5, 0.6) is 11.5 Å². The molecule has 33 heavy (non-hydrogen) atoms. The molecule has 1 aromatic rings. The Balaban J connectivity index is 1.54. The number of piperidine rings is 1. The van der Waals surface area contributed by atoms with E-state index in [-0.39, 0.29) is 42.9 Å². The number of hydrogen-bond donors (Lipinski definition) is 1. The molecule has 2 heterocycles. The number of fused-ring (bicyclic) bond motifs is 3. The summed E-state index contributed by atoms with van der Waals surface area (Å²) in [5.41, 5.74) is 0.584. The number of rotatable bonds is 5. The van der Waals surface area contributed by atoms with Crippen LogP contribution in [0.3, 0.4) is 0 Å². The van der Waals surface area contributed by atoms with Gasteiger partial charge < -0.3 is 14.6 Å². The van der Waals surface area contributed by atoms with Gasteiger partial charge in [-0.15, -0.1) is 0 Å². The molecule has 3 aliphatic rings. The maximum Gasteiger partial charge on any atom is 0.397 e. The molecule has 4 rings (SSSR count). The van der Waals surface area contributed by atoms with E-state index in [0.29, 0.717) is 30.8 Å². The molecule has 1 saturated heterocycles. The molecule has 3 atom stereocenters. The second-order valence-electron chi connectivity index (χ2n) is 11.6. The summed E-state index contributed by atoms with van der Waals surface area (Å²) >= 11 is 0. The number of aliphatic hydroxyl groups is 1. The van der Waals surface area contributed by atoms with Crippen molar-refractivity contribution in [2.24, 2.45) is 16.7 Å². The second-order valence-corrected chi connectivity index (χ2v) is 11.6. The molecule has 186 valence electrons. The van der Waals surface area contributed by atoms with E-state index in [9.17, 15) is 18.3 Å². The van der Waals surface area contributed by atoms with E-state index in [1.54, 1.807) is 0 Å². The fourth-order valence-electron chi connectivity index (χ4n) is 6.14. The number of hydrogen-bond acceptors (Lipinski definition) is 4. The van der Waals surface area contributed by atoms with Gasteiger partial charge in [-0.05, 0) is 66.7 Å². The van der Waals surface area contributed by atoms with Gasteiger partial charge in [-0.1, -0.05) is 33.6 Å². The van der Waals surface area contributed by atoms with Gasteiger partial charge in [-0.2, -0.15) is 13.2 Å². The van der Waals surface area contributed by atoms with E-state index >= 15 is 0 Å². The summed E-state index contributed by atoms with van der Waals surface area (Å²) in [5.74, 6) is 1.11. The van der Waals surface area contributed by atoms with Gasteiger partial charge in [-0.3, -0.25) is 4.90 Å². The van der Waals surface area contributed by atoms with Crippen LogP contribution in [-0.2, 0) is 6.42 Å². The molecule has 0 unspecified atom stereocenters. The lowest BCUT2D eigenvalue weighted by Crippen LogP contribution is -2.48. The van der Waals surface area contributed by atoms with Crippen LogP contribution in [0, 0.1) is 16.7 Å². The van der Waals surface area contributed by atoms with E-state index in [0.717, 1.165) is 37.1 Å². The fraction of sp³-hybridized carbons (Fsp3) is 0.769. The molecule has 1 N–H and O–H groups in total. The maximum absolute atomic E-state index is 13.8. The largest absolute Gasteiger partial charge is 0.493 e. The number of ether oxygens (including phenoxy) is 2. The number of benzene rings is 1. The van der Waals surface area contributed by atoms with Crippen molar-refractivity contribution in [2.75, 3.05) is 26.8 Å². The highest BCUT2D eigenvalue weighted by atomic mass is 19.4. The zero-order valence-corrected chi connectivity index (χ0v) is 20.3. The summed E-state index contributed by atoms with van der Waals surface area (Å²) in [7, 11) is 1.53. The van der Waals surface area contributed by atoms with Gasteiger partial charge in [0.05, 0.1) is 18.6 Å². The lowest BCUT2D eigenvalue weighted by atomic mass is 9.75. The van der Waals surface area contributed by atoms with Crippen LogP contribution in [0.4, 0.5) is 13.2 Å². The van der Waals surface area contributed by atoms with Crippen LogP contribution in [0.25, 0.3) is 0 Å². The van der Waals surface area contributed by atoms with Crippen molar-refractivity contribution < 1.29 is 27.8 Å². The molecule has 2 aliphatic heterocycles. The summed E-state index contributed by atoms with van der Waals surface area (Å²) in [6.45, 7) is 7.99. The fourth-order valence-corrected chi connectivity index (χ4v) is 6.14. The van der Waals surface area contributed by atoms with Crippen LogP contribution in [0.15, 0.2) is 12.1 Å². The predicted octanol–water partition coefficient (Wildman–Crippen LogP) is 5.91. The van der Waals surface area contributed by atoms with Gasteiger partial charge in [0.15, 0.2) is 11.5 Å². The zero-order valence-electron chi connectivity index (χ0n) is 20.3. The molecular weight excluding hydrogens is 431 g/mol. The molecule has 1 aromatic carbocycles. The van der Waals surface area contributed by atoms with Crippen LogP contribution in [-0.4, -0.2) is 49.1 Å². The van der Waals surface area contributed by atoms with E-state index in [4.69, 9.17) is 9.47 Å². The van der Waals surface area contributed by atoms with Crippen molar-refractivity contribution in [3.8, 4) is 11.5 Å². The van der Waals surface area contributed by atoms with Crippen LogP contribution >= 0.6 is 0 Å². The Morgan fingerprint density at radius 2 is 1.82 bits per heavy atom. The van der Waals surface area contributed by atoms with Crippen molar-refractivity contribution in [2.45, 2.75) is 84.0 Å². The lowest BCUT2D eigenvalue weighted by molar-refractivity contribution is -0.230. The summed E-state index contributed by atoms with van der Waals surface area (Å²) in [6.07, 6.45) is -0.784. The van der Waals surface area contributed by atoms with Gasteiger partial charge in [0.25, 0.3) is 0 Å². The molecule has 1 aliphatic carbocycles. The molecule has 1 saturated carbocycles. The first-order chi connectivity index (χ1) is 15.4. The average molecular weight is 470 g/mol. The third-order valence-electron chi connectivity index (χ3n) is 7.91. The standard InChI is InChI=1S/C26H38F3NO3/c1-24(2,3)14-18-15-30-10-7-17-11-23(22(32-4)12-19(17)20(30)13-21(18)31)33-16-25(26(27,28)29)8-5-6-9-25/h11-12,18,20-21,31H,5-10,13-16H2,1-4H3/t18-,20-,21-/m1/s1. The second kappa shape index (κ2) is 8.95. The molecule has 0 bridgehead atoms. The van der Waals surface area contributed by atoms with Crippen LogP contribution < -0.4 is 9.47 Å². The van der Waals surface area contributed by atoms with E-state index < -0.39 is 11.6 Å². The Kier molecular flexibility index (Phi) is 6.69. The minimum absolute atomic E-state index is 0.0965. The van der Waals surface area contributed by atoms with Crippen LogP contribution in [0.2, 0.25) is 0 Å². The SMILES string of the molecule is COc1cc2c(cc1OCC1(C(F)(F)F)CCCC1)CCN1C[C@@H](CC(C)(C)C)[C@H](O)C[C@H]21. The molecule has 0 spiro atoms. The first-order valence-electron chi connectivity index (χ1n) is 12.2. The number of halogens is 3. The highest BCUT2D eigenvalue weighted by Gasteiger charge is 2.56. The Morgan fingerprint density at radius 3 is 2.42 bits per heavy atom. The Labute approximate surface area is 195 Å². The first kappa shape index (κ1) is 24.6. The van der Waals surface area contributed by atoms with E-state index in [1.807, 2.05) is 12.1 Å². The number of alkyl halides is 3. The number of methoxy groups -OCH3 is 1. The topological polar surface area (TPSA) is 41.9 Å². The van der Waals surface area contributed by atoms with Gasteiger partial charge in [0.2, 0.25) is 0 Å². The van der Waals surface area contributed by atoms with Gasteiger partial charge in [-0.25, -0.2) is 0 Å². The third kappa shape index (κ3) is 5.00. The van der Waals surface area contributed by atoms with Crippen molar-refractivity contribution in [3.63, 3.8) is 0 Å². The van der Waals surface area contributed by atoms with Gasteiger partial charge in [0, 0.05) is 19.1 Å². The van der Waals surface area contributed by atoms with Gasteiger partial charge >= 0.3 is 6.18 Å². The lowest BCUT2D eigenvalue weighted by Gasteiger charge is -2.47. The van der Waals surface area contributed by atoms with Gasteiger partial charge in [0.1, 0.15) is 6.61 Å². The zero-order chi connectivity index (χ0) is 24.0. The third-order valence-corrected chi connectivity index (χ3v) is 7.91. The molecular formula is C26H38F3NO3. The predicted molar refractivity (Wildman–Crippen MR) is 122 cm³/mol. The normalized spacial score (nSPS) is 27.7. The highest BCUT2D eigenvalue weighted by molar-refractivity contribution is 5.49. The summed E-state index contributed by atoms with van der Waals surface area (Å²) in [5, 5.41) is 10.9. The maximum atomic E-state index is 13.8. The molecule has 0 aromatic heterocycles. The molecule has 0 radical (unpaired) electrons. The summed E-state index contributed by atoms with van der Waals surface area (Å²) in [4.78, 5) is 2.45. The minimum atomic E-state index is -4.27.